The van der Waals surface area contributed by atoms with Crippen molar-refractivity contribution < 1.29 is 9.21 Å². The minimum absolute atomic E-state index is 0.267. The Morgan fingerprint density at radius 2 is 2.47 bits per heavy atom. The van der Waals surface area contributed by atoms with Crippen LogP contribution < -0.4 is 5.32 Å². The summed E-state index contributed by atoms with van der Waals surface area (Å²) >= 11 is 0. The molecule has 0 saturated carbocycles. The van der Waals surface area contributed by atoms with Gasteiger partial charge in [0.2, 0.25) is 0 Å². The summed E-state index contributed by atoms with van der Waals surface area (Å²) in [5.74, 6) is 0.267. The van der Waals surface area contributed by atoms with Crippen LogP contribution in [0.4, 0.5) is 0 Å². The highest BCUT2D eigenvalue weighted by Crippen LogP contribution is 2.21. The molecule has 1 fully saturated rings. The highest BCUT2D eigenvalue weighted by Gasteiger charge is 2.33. The van der Waals surface area contributed by atoms with Crippen molar-refractivity contribution in [1.82, 2.24) is 5.32 Å². The number of hydrogen-bond acceptors (Lipinski definition) is 3. The van der Waals surface area contributed by atoms with Gasteiger partial charge in [-0.25, -0.2) is 0 Å². The Bertz CT molecular complexity index is 323. The molecule has 0 aliphatic carbocycles. The Kier molecular flexibility index (Phi) is 2.91. The molecule has 1 saturated heterocycles. The number of rotatable bonds is 3. The number of nitrogens with one attached hydrogen (secondary N) is 1. The summed E-state index contributed by atoms with van der Waals surface area (Å²) in [4.78, 5) is 12.1. The normalized spacial score (nSPS) is 26.5. The molecule has 2 rings (SSSR count). The number of carbonyl (C=O) groups is 1. The molecule has 1 aliphatic heterocycles. The van der Waals surface area contributed by atoms with Crippen molar-refractivity contribution in [3.8, 4) is 0 Å². The largest absolute Gasteiger partial charge is 0.472 e. The molecule has 0 bridgehead atoms. The van der Waals surface area contributed by atoms with Crippen LogP contribution in [0.2, 0.25) is 0 Å². The van der Waals surface area contributed by atoms with Crippen molar-refractivity contribution in [3.05, 3.63) is 24.2 Å². The fraction of sp³-hybridized carbons (Fsp3) is 0.583. The Morgan fingerprint density at radius 1 is 1.60 bits per heavy atom. The molecule has 1 N–H and O–H groups in total. The fourth-order valence-corrected chi connectivity index (χ4v) is 2.07. The van der Waals surface area contributed by atoms with Crippen molar-refractivity contribution in [2.75, 3.05) is 6.54 Å². The molecule has 82 valence electrons. The topological polar surface area (TPSA) is 42.2 Å². The van der Waals surface area contributed by atoms with Gasteiger partial charge in [-0.15, -0.1) is 0 Å². The zero-order chi connectivity index (χ0) is 10.7. The standard InChI is InChI=1S/C12H17NO2/c1-12(5-2-3-6-13-12)11(14)8-10-4-7-15-9-10/h4,7,9,13H,2-3,5-6,8H2,1H3. The molecule has 3 nitrogen and oxygen atoms in total. The maximum Gasteiger partial charge on any atom is 0.157 e. The van der Waals surface area contributed by atoms with Gasteiger partial charge in [0.1, 0.15) is 0 Å². The first-order chi connectivity index (χ1) is 7.21. The molecule has 15 heavy (non-hydrogen) atoms. The highest BCUT2D eigenvalue weighted by molar-refractivity contribution is 5.89. The van der Waals surface area contributed by atoms with Crippen molar-refractivity contribution in [2.24, 2.45) is 0 Å². The lowest BCUT2D eigenvalue weighted by Gasteiger charge is -2.33. The van der Waals surface area contributed by atoms with Gasteiger partial charge in [0.05, 0.1) is 18.1 Å². The number of hydrogen-bond donors (Lipinski definition) is 1. The molecule has 0 aromatic carbocycles. The summed E-state index contributed by atoms with van der Waals surface area (Å²) < 4.78 is 4.96. The van der Waals surface area contributed by atoms with Crippen molar-refractivity contribution in [1.29, 1.82) is 0 Å². The quantitative estimate of drug-likeness (QED) is 0.823. The molecule has 1 atom stereocenters. The van der Waals surface area contributed by atoms with Crippen LogP contribution in [-0.2, 0) is 11.2 Å². The van der Waals surface area contributed by atoms with Crippen LogP contribution in [0.15, 0.2) is 23.0 Å². The number of piperidine rings is 1. The molecule has 0 spiro atoms. The van der Waals surface area contributed by atoms with E-state index in [1.807, 2.05) is 13.0 Å². The van der Waals surface area contributed by atoms with Gasteiger partial charge in [-0.3, -0.25) is 4.79 Å². The lowest BCUT2D eigenvalue weighted by Crippen LogP contribution is -2.52. The van der Waals surface area contributed by atoms with Crippen LogP contribution in [0.25, 0.3) is 0 Å². The molecular weight excluding hydrogens is 190 g/mol. The second-order valence-electron chi connectivity index (χ2n) is 4.45. The van der Waals surface area contributed by atoms with Gasteiger partial charge in [-0.05, 0) is 44.4 Å². The van der Waals surface area contributed by atoms with E-state index in [4.69, 9.17) is 4.42 Å². The third kappa shape index (κ3) is 2.29. The van der Waals surface area contributed by atoms with E-state index in [0.717, 1.165) is 24.9 Å². The average molecular weight is 207 g/mol. The lowest BCUT2D eigenvalue weighted by atomic mass is 9.84. The van der Waals surface area contributed by atoms with E-state index in [0.29, 0.717) is 6.42 Å². The summed E-state index contributed by atoms with van der Waals surface area (Å²) in [7, 11) is 0. The summed E-state index contributed by atoms with van der Waals surface area (Å²) in [6.45, 7) is 2.96. The molecule has 1 aromatic heterocycles. The predicted molar refractivity (Wildman–Crippen MR) is 57.7 cm³/mol. The fourth-order valence-electron chi connectivity index (χ4n) is 2.07. The summed E-state index contributed by atoms with van der Waals surface area (Å²) in [6.07, 6.45) is 6.99. The minimum atomic E-state index is -0.324. The first-order valence-electron chi connectivity index (χ1n) is 5.50. The number of furan rings is 1. The van der Waals surface area contributed by atoms with Crippen LogP contribution in [0.1, 0.15) is 31.7 Å². The van der Waals surface area contributed by atoms with E-state index >= 15 is 0 Å². The third-order valence-corrected chi connectivity index (χ3v) is 3.18. The molecule has 0 amide bonds. The summed E-state index contributed by atoms with van der Waals surface area (Å²) in [5.41, 5.74) is 0.642. The van der Waals surface area contributed by atoms with Gasteiger partial charge >= 0.3 is 0 Å². The van der Waals surface area contributed by atoms with E-state index in [1.54, 1.807) is 12.5 Å². The van der Waals surface area contributed by atoms with Gasteiger partial charge < -0.3 is 9.73 Å². The number of Topliss-reactive ketones (excluding diaryl/α,β-unsaturated/α-hetero) is 1. The smallest absolute Gasteiger partial charge is 0.157 e. The second kappa shape index (κ2) is 4.19. The van der Waals surface area contributed by atoms with Crippen LogP contribution >= 0.6 is 0 Å². The van der Waals surface area contributed by atoms with Crippen molar-refractivity contribution in [3.63, 3.8) is 0 Å². The minimum Gasteiger partial charge on any atom is -0.472 e. The number of ketones is 1. The second-order valence-corrected chi connectivity index (χ2v) is 4.45. The van der Waals surface area contributed by atoms with E-state index < -0.39 is 0 Å². The lowest BCUT2D eigenvalue weighted by molar-refractivity contribution is -0.125. The van der Waals surface area contributed by atoms with Gasteiger partial charge in [0.15, 0.2) is 5.78 Å². The third-order valence-electron chi connectivity index (χ3n) is 3.18. The predicted octanol–water partition coefficient (Wildman–Crippen LogP) is 1.92. The molecule has 1 unspecified atom stereocenters. The maximum absolute atomic E-state index is 12.1. The molecular formula is C12H17NO2. The molecule has 3 heteroatoms. The van der Waals surface area contributed by atoms with Gasteiger partial charge in [0, 0.05) is 6.42 Å². The van der Waals surface area contributed by atoms with E-state index in [1.165, 1.54) is 6.42 Å². The molecule has 1 aliphatic rings. The van der Waals surface area contributed by atoms with Crippen LogP contribution in [0.5, 0.6) is 0 Å². The molecule has 1 aromatic rings. The summed E-state index contributed by atoms with van der Waals surface area (Å²) in [5, 5.41) is 3.33. The van der Waals surface area contributed by atoms with E-state index in [2.05, 4.69) is 5.32 Å². The Balaban J connectivity index is 2.00. The first kappa shape index (κ1) is 10.4. The monoisotopic (exact) mass is 207 g/mol. The first-order valence-corrected chi connectivity index (χ1v) is 5.50. The van der Waals surface area contributed by atoms with Gasteiger partial charge in [-0.1, -0.05) is 0 Å². The Labute approximate surface area is 89.9 Å². The van der Waals surface area contributed by atoms with Crippen molar-refractivity contribution >= 4 is 5.78 Å². The van der Waals surface area contributed by atoms with E-state index in [-0.39, 0.29) is 11.3 Å². The van der Waals surface area contributed by atoms with Gasteiger partial charge in [-0.2, -0.15) is 0 Å². The SMILES string of the molecule is CC1(C(=O)Cc2ccoc2)CCCCN1. The Hall–Kier alpha value is -1.09. The highest BCUT2D eigenvalue weighted by atomic mass is 16.3. The average Bonchev–Trinajstić information content (AvgIpc) is 2.71. The zero-order valence-corrected chi connectivity index (χ0v) is 9.08. The summed E-state index contributed by atoms with van der Waals surface area (Å²) in [6, 6.07) is 1.85. The van der Waals surface area contributed by atoms with Crippen molar-refractivity contribution in [2.45, 2.75) is 38.1 Å². The van der Waals surface area contributed by atoms with Crippen LogP contribution in [-0.4, -0.2) is 17.9 Å². The van der Waals surface area contributed by atoms with Crippen LogP contribution in [0, 0.1) is 0 Å². The van der Waals surface area contributed by atoms with Gasteiger partial charge in [0.25, 0.3) is 0 Å². The number of carbonyl (C=O) groups excluding carboxylic acids is 1. The Morgan fingerprint density at radius 3 is 3.07 bits per heavy atom. The molecule has 0 radical (unpaired) electrons. The van der Waals surface area contributed by atoms with Crippen LogP contribution in [0.3, 0.4) is 0 Å². The zero-order valence-electron chi connectivity index (χ0n) is 9.08. The van der Waals surface area contributed by atoms with E-state index in [9.17, 15) is 4.79 Å². The maximum atomic E-state index is 12.1. The molecule has 2 heterocycles.